The third-order valence-electron chi connectivity index (χ3n) is 3.24. The van der Waals surface area contributed by atoms with Crippen molar-refractivity contribution in [2.45, 2.75) is 13.0 Å². The van der Waals surface area contributed by atoms with Crippen LogP contribution in [0.3, 0.4) is 0 Å². The van der Waals surface area contributed by atoms with Gasteiger partial charge in [0.05, 0.1) is 15.5 Å². The van der Waals surface area contributed by atoms with E-state index >= 15 is 0 Å². The Morgan fingerprint density at radius 2 is 1.85 bits per heavy atom. The minimum atomic E-state index is -1.38. The number of nitrogens with one attached hydrogen (secondary N) is 1. The molecule has 0 aromatic heterocycles. The number of rotatable bonds is 5. The van der Waals surface area contributed by atoms with Gasteiger partial charge in [-0.1, -0.05) is 23.7 Å². The Kier molecular flexibility index (Phi) is 5.83. The van der Waals surface area contributed by atoms with Crippen LogP contribution in [-0.4, -0.2) is 22.9 Å². The summed E-state index contributed by atoms with van der Waals surface area (Å²) >= 11 is 5.66. The molecule has 0 aliphatic carbocycles. The fraction of sp³-hybridized carbons (Fsp3) is 0.125. The van der Waals surface area contributed by atoms with Crippen LogP contribution in [0.5, 0.6) is 0 Å². The molecule has 7 nitrogen and oxygen atoms in total. The van der Waals surface area contributed by atoms with Gasteiger partial charge in [0.25, 0.3) is 11.6 Å². The largest absolute Gasteiger partial charge is 0.449 e. The highest BCUT2D eigenvalue weighted by Crippen LogP contribution is 2.24. The number of ether oxygens (including phenoxy) is 1. The lowest BCUT2D eigenvalue weighted by molar-refractivity contribution is -0.383. The first-order valence-corrected chi connectivity index (χ1v) is 7.48. The molecule has 0 aliphatic rings. The topological polar surface area (TPSA) is 98.5 Å². The Labute approximate surface area is 150 Å². The fourth-order valence-electron chi connectivity index (χ4n) is 1.93. The van der Waals surface area contributed by atoms with Gasteiger partial charge in [-0.15, -0.1) is 0 Å². The Morgan fingerprint density at radius 3 is 2.50 bits per heavy atom. The molecule has 0 spiro atoms. The summed E-state index contributed by atoms with van der Waals surface area (Å²) in [4.78, 5) is 34.3. The van der Waals surface area contributed by atoms with Gasteiger partial charge in [0.2, 0.25) is 0 Å². The minimum absolute atomic E-state index is 0.0868. The normalized spacial score (nSPS) is 11.5. The maximum atomic E-state index is 13.2. The lowest BCUT2D eigenvalue weighted by Gasteiger charge is -2.14. The molecule has 1 N–H and O–H groups in total. The molecule has 0 heterocycles. The molecule has 0 radical (unpaired) electrons. The first-order chi connectivity index (χ1) is 12.2. The number of halogens is 3. The summed E-state index contributed by atoms with van der Waals surface area (Å²) in [6, 6.07) is 6.53. The molecule has 2 aromatic rings. The summed E-state index contributed by atoms with van der Waals surface area (Å²) < 4.78 is 31.1. The van der Waals surface area contributed by atoms with Crippen molar-refractivity contribution in [1.29, 1.82) is 0 Å². The van der Waals surface area contributed by atoms with Crippen molar-refractivity contribution in [3.05, 3.63) is 68.7 Å². The van der Waals surface area contributed by atoms with Crippen molar-refractivity contribution in [3.8, 4) is 0 Å². The molecule has 2 aromatic carbocycles. The van der Waals surface area contributed by atoms with Crippen molar-refractivity contribution in [2.75, 3.05) is 5.32 Å². The molecule has 0 unspecified atom stereocenters. The van der Waals surface area contributed by atoms with Gasteiger partial charge in [0, 0.05) is 6.07 Å². The number of nitrogens with zero attached hydrogens (tertiary/aromatic N) is 1. The quantitative estimate of drug-likeness (QED) is 0.366. The van der Waals surface area contributed by atoms with Gasteiger partial charge < -0.3 is 10.1 Å². The van der Waals surface area contributed by atoms with E-state index in [1.165, 1.54) is 31.2 Å². The molecule has 10 heteroatoms. The van der Waals surface area contributed by atoms with Gasteiger partial charge in [0.15, 0.2) is 17.7 Å². The summed E-state index contributed by atoms with van der Waals surface area (Å²) in [6.07, 6.45) is -1.38. The van der Waals surface area contributed by atoms with Crippen molar-refractivity contribution in [1.82, 2.24) is 0 Å². The summed E-state index contributed by atoms with van der Waals surface area (Å²) in [7, 11) is 0. The molecular weight excluding hydrogens is 374 g/mol. The molecule has 136 valence electrons. The average molecular weight is 385 g/mol. The lowest BCUT2D eigenvalue weighted by atomic mass is 10.2. The Balaban J connectivity index is 2.11. The lowest BCUT2D eigenvalue weighted by Crippen LogP contribution is -2.30. The van der Waals surface area contributed by atoms with E-state index in [1.54, 1.807) is 0 Å². The van der Waals surface area contributed by atoms with Gasteiger partial charge in [-0.25, -0.2) is 13.6 Å². The monoisotopic (exact) mass is 384 g/mol. The highest BCUT2D eigenvalue weighted by atomic mass is 35.5. The molecular formula is C16H11ClF2N2O5. The Bertz CT molecular complexity index is 891. The number of esters is 1. The summed E-state index contributed by atoms with van der Waals surface area (Å²) in [6.45, 7) is 1.20. The van der Waals surface area contributed by atoms with Crippen LogP contribution in [0.15, 0.2) is 36.4 Å². The van der Waals surface area contributed by atoms with Crippen molar-refractivity contribution in [2.24, 2.45) is 0 Å². The highest BCUT2D eigenvalue weighted by molar-refractivity contribution is 6.33. The maximum absolute atomic E-state index is 13.2. The van der Waals surface area contributed by atoms with Gasteiger partial charge in [-0.05, 0) is 25.1 Å². The summed E-state index contributed by atoms with van der Waals surface area (Å²) in [5.41, 5.74) is -0.893. The van der Waals surface area contributed by atoms with Crippen LogP contribution in [0, 0.1) is 21.7 Å². The van der Waals surface area contributed by atoms with Crippen LogP contribution in [0.4, 0.5) is 20.2 Å². The van der Waals surface area contributed by atoms with Gasteiger partial charge in [-0.2, -0.15) is 0 Å². The standard InChI is InChI=1S/C16H11ClF2N2O5/c1-8(15(22)20-13-4-2-3-5-14(13)21(24)25)26-16(23)9-6-11(18)12(19)7-10(9)17/h2-8H,1H3,(H,20,22)/t8-/m1/s1. The smallest absolute Gasteiger partial charge is 0.340 e. The van der Waals surface area contributed by atoms with Crippen molar-refractivity contribution < 1.29 is 28.0 Å². The molecule has 0 aliphatic heterocycles. The fourth-order valence-corrected chi connectivity index (χ4v) is 2.16. The van der Waals surface area contributed by atoms with Crippen LogP contribution in [-0.2, 0) is 9.53 Å². The van der Waals surface area contributed by atoms with Crippen LogP contribution in [0.1, 0.15) is 17.3 Å². The Morgan fingerprint density at radius 1 is 1.23 bits per heavy atom. The summed E-state index contributed by atoms with van der Waals surface area (Å²) in [5.74, 6) is -4.56. The van der Waals surface area contributed by atoms with Crippen LogP contribution in [0.2, 0.25) is 5.02 Å². The zero-order valence-electron chi connectivity index (χ0n) is 13.2. The van der Waals surface area contributed by atoms with E-state index in [2.05, 4.69) is 5.32 Å². The second-order valence-electron chi connectivity index (χ2n) is 5.06. The maximum Gasteiger partial charge on any atom is 0.340 e. The van der Waals surface area contributed by atoms with E-state index in [0.717, 1.165) is 0 Å². The van der Waals surface area contributed by atoms with E-state index in [-0.39, 0.29) is 16.4 Å². The highest BCUT2D eigenvalue weighted by Gasteiger charge is 2.24. The van der Waals surface area contributed by atoms with Crippen LogP contribution in [0.25, 0.3) is 0 Å². The molecule has 2 rings (SSSR count). The SMILES string of the molecule is C[C@@H](OC(=O)c1cc(F)c(F)cc1Cl)C(=O)Nc1ccccc1[N+](=O)[O-]. The number of carbonyl (C=O) groups excluding carboxylic acids is 2. The molecule has 0 saturated heterocycles. The number of nitro groups is 1. The first kappa shape index (κ1) is 19.3. The average Bonchev–Trinajstić information content (AvgIpc) is 2.58. The van der Waals surface area contributed by atoms with Crippen molar-refractivity contribution >= 4 is 34.9 Å². The van der Waals surface area contributed by atoms with E-state index in [1.807, 2.05) is 0 Å². The molecule has 1 atom stereocenters. The van der Waals surface area contributed by atoms with Gasteiger partial charge >= 0.3 is 5.97 Å². The van der Waals surface area contributed by atoms with E-state index in [0.29, 0.717) is 12.1 Å². The van der Waals surface area contributed by atoms with E-state index < -0.39 is 40.1 Å². The predicted molar refractivity (Wildman–Crippen MR) is 88.0 cm³/mol. The van der Waals surface area contributed by atoms with E-state index in [9.17, 15) is 28.5 Å². The minimum Gasteiger partial charge on any atom is -0.449 e. The second-order valence-corrected chi connectivity index (χ2v) is 5.46. The number of benzene rings is 2. The number of hydrogen-bond donors (Lipinski definition) is 1. The third kappa shape index (κ3) is 4.31. The Hall–Kier alpha value is -3.07. The molecule has 0 saturated carbocycles. The molecule has 26 heavy (non-hydrogen) atoms. The van der Waals surface area contributed by atoms with Crippen molar-refractivity contribution in [3.63, 3.8) is 0 Å². The van der Waals surface area contributed by atoms with E-state index in [4.69, 9.17) is 16.3 Å². The number of anilines is 1. The van der Waals surface area contributed by atoms with Gasteiger partial charge in [-0.3, -0.25) is 14.9 Å². The molecule has 0 fully saturated rings. The third-order valence-corrected chi connectivity index (χ3v) is 3.55. The zero-order chi connectivity index (χ0) is 19.4. The number of para-hydroxylation sites is 2. The molecule has 1 amide bonds. The number of nitro benzene ring substituents is 1. The number of hydrogen-bond acceptors (Lipinski definition) is 5. The second kappa shape index (κ2) is 7.87. The van der Waals surface area contributed by atoms with Crippen LogP contribution < -0.4 is 5.32 Å². The summed E-state index contributed by atoms with van der Waals surface area (Å²) in [5, 5.41) is 12.8. The number of amides is 1. The molecule has 0 bridgehead atoms. The predicted octanol–water partition coefficient (Wildman–Crippen LogP) is 3.71. The van der Waals surface area contributed by atoms with Crippen LogP contribution >= 0.6 is 11.6 Å². The number of carbonyl (C=O) groups is 2. The zero-order valence-corrected chi connectivity index (χ0v) is 13.9. The first-order valence-electron chi connectivity index (χ1n) is 7.10. The van der Waals surface area contributed by atoms with Gasteiger partial charge in [0.1, 0.15) is 5.69 Å².